The summed E-state index contributed by atoms with van der Waals surface area (Å²) in [6.07, 6.45) is 3.55. The molecule has 0 bridgehead atoms. The second-order valence-electron chi connectivity index (χ2n) is 4.55. The number of carbonyl (C=O) groups excluding carboxylic acids is 1. The van der Waals surface area contributed by atoms with Crippen molar-refractivity contribution in [3.8, 4) is 0 Å². The average molecular weight is 247 g/mol. The molecule has 1 aliphatic carbocycles. The van der Waals surface area contributed by atoms with E-state index in [-0.39, 0.29) is 5.78 Å². The van der Waals surface area contributed by atoms with Gasteiger partial charge in [0.2, 0.25) is 0 Å². The second kappa shape index (κ2) is 4.89. The zero-order valence-electron chi connectivity index (χ0n) is 10.1. The number of allylic oxidation sites excluding steroid dienone is 4. The molecular weight excluding hydrogens is 232 g/mol. The average Bonchev–Trinajstić information content (AvgIpc) is 2.58. The molecule has 0 fully saturated rings. The van der Waals surface area contributed by atoms with Crippen LogP contribution in [-0.2, 0) is 0 Å². The lowest BCUT2D eigenvalue weighted by molar-refractivity contribution is 0.0992. The van der Waals surface area contributed by atoms with Crippen molar-refractivity contribution in [2.24, 2.45) is 0 Å². The maximum atomic E-state index is 12.0. The van der Waals surface area contributed by atoms with Crippen molar-refractivity contribution in [3.63, 3.8) is 0 Å². The molecule has 0 saturated carbocycles. The van der Waals surface area contributed by atoms with E-state index in [0.717, 1.165) is 6.42 Å². The quantitative estimate of drug-likeness (QED) is 0.714. The Labute approximate surface area is 107 Å². The molecule has 0 heterocycles. The van der Waals surface area contributed by atoms with Crippen LogP contribution in [0.5, 0.6) is 0 Å². The Morgan fingerprint density at radius 2 is 2.12 bits per heavy atom. The van der Waals surface area contributed by atoms with Gasteiger partial charge in [-0.15, -0.1) is 0 Å². The lowest BCUT2D eigenvalue weighted by Gasteiger charge is -2.03. The van der Waals surface area contributed by atoms with Crippen LogP contribution in [0, 0.1) is 0 Å². The van der Waals surface area contributed by atoms with Gasteiger partial charge in [0.1, 0.15) is 0 Å². The Bertz CT molecular complexity index is 523. The van der Waals surface area contributed by atoms with E-state index < -0.39 is 0 Å². The maximum Gasteiger partial charge on any atom is 0.166 e. The Hall–Kier alpha value is -1.34. The van der Waals surface area contributed by atoms with Crippen molar-refractivity contribution in [1.29, 1.82) is 0 Å². The van der Waals surface area contributed by atoms with E-state index >= 15 is 0 Å². The maximum absolute atomic E-state index is 12.0. The predicted octanol–water partition coefficient (Wildman–Crippen LogP) is 4.58. The van der Waals surface area contributed by atoms with E-state index in [4.69, 9.17) is 11.6 Å². The summed E-state index contributed by atoms with van der Waals surface area (Å²) in [6.45, 7) is 4.20. The molecule has 0 amide bonds. The Kier molecular flexibility index (Phi) is 3.49. The number of hydrogen-bond acceptors (Lipinski definition) is 1. The van der Waals surface area contributed by atoms with E-state index in [1.165, 1.54) is 16.7 Å². The third kappa shape index (κ3) is 2.86. The van der Waals surface area contributed by atoms with Crippen molar-refractivity contribution < 1.29 is 4.79 Å². The molecule has 88 valence electrons. The van der Waals surface area contributed by atoms with Crippen molar-refractivity contribution >= 4 is 17.4 Å². The van der Waals surface area contributed by atoms with E-state index in [1.54, 1.807) is 12.1 Å². The van der Waals surface area contributed by atoms with Gasteiger partial charge in [-0.25, -0.2) is 0 Å². The summed E-state index contributed by atoms with van der Waals surface area (Å²) in [5.74, 6) is 0.140. The monoisotopic (exact) mass is 246 g/mol. The molecule has 17 heavy (non-hydrogen) atoms. The minimum atomic E-state index is 0.140. The predicted molar refractivity (Wildman–Crippen MR) is 71.5 cm³/mol. The Balaban J connectivity index is 2.07. The van der Waals surface area contributed by atoms with Crippen molar-refractivity contribution in [2.75, 3.05) is 0 Å². The number of ketones is 1. The normalized spacial score (nSPS) is 15.1. The van der Waals surface area contributed by atoms with Gasteiger partial charge in [0.25, 0.3) is 0 Å². The van der Waals surface area contributed by atoms with Gasteiger partial charge in [-0.3, -0.25) is 4.79 Å². The zero-order valence-corrected chi connectivity index (χ0v) is 10.8. The van der Waals surface area contributed by atoms with E-state index in [1.807, 2.05) is 12.1 Å². The summed E-state index contributed by atoms with van der Waals surface area (Å²) in [7, 11) is 0. The fraction of sp³-hybridized carbons (Fsp3) is 0.267. The Morgan fingerprint density at radius 3 is 2.71 bits per heavy atom. The van der Waals surface area contributed by atoms with Crippen LogP contribution in [0.3, 0.4) is 0 Å². The molecule has 0 aliphatic heterocycles. The fourth-order valence-electron chi connectivity index (χ4n) is 2.04. The lowest BCUT2D eigenvalue weighted by Crippen LogP contribution is -2.00. The summed E-state index contributed by atoms with van der Waals surface area (Å²) >= 11 is 5.88. The molecule has 0 spiro atoms. The highest BCUT2D eigenvalue weighted by molar-refractivity contribution is 6.31. The third-order valence-electron chi connectivity index (χ3n) is 3.12. The van der Waals surface area contributed by atoms with Crippen LogP contribution in [0.1, 0.15) is 37.0 Å². The van der Waals surface area contributed by atoms with Crippen LogP contribution in [0.2, 0.25) is 5.02 Å². The molecule has 1 nitrogen and oxygen atoms in total. The first-order valence-electron chi connectivity index (χ1n) is 5.71. The first kappa shape index (κ1) is 12.1. The minimum Gasteiger partial charge on any atom is -0.294 e. The van der Waals surface area contributed by atoms with Gasteiger partial charge >= 0.3 is 0 Å². The minimum absolute atomic E-state index is 0.140. The highest BCUT2D eigenvalue weighted by Crippen LogP contribution is 2.27. The molecule has 0 radical (unpaired) electrons. The number of Topliss-reactive ketones (excluding diaryl/α,β-unsaturated/α-hetero) is 1. The molecule has 0 atom stereocenters. The van der Waals surface area contributed by atoms with Gasteiger partial charge in [0.15, 0.2) is 5.78 Å². The molecule has 0 N–H and O–H groups in total. The van der Waals surface area contributed by atoms with Crippen LogP contribution in [-0.4, -0.2) is 5.78 Å². The van der Waals surface area contributed by atoms with Gasteiger partial charge in [-0.2, -0.15) is 0 Å². The van der Waals surface area contributed by atoms with Crippen LogP contribution >= 0.6 is 11.6 Å². The standard InChI is InChI=1S/C15H15ClO/c1-10-6-12(7-11(10)2)8-15(17)13-4-3-5-14(16)9-13/h3-6,9H,7-8H2,1-2H3. The highest BCUT2D eigenvalue weighted by Gasteiger charge is 2.14. The van der Waals surface area contributed by atoms with Crippen molar-refractivity contribution in [3.05, 3.63) is 57.6 Å². The topological polar surface area (TPSA) is 17.1 Å². The summed E-state index contributed by atoms with van der Waals surface area (Å²) in [6, 6.07) is 7.14. The van der Waals surface area contributed by atoms with Crippen molar-refractivity contribution in [2.45, 2.75) is 26.7 Å². The molecule has 0 aromatic heterocycles. The van der Waals surface area contributed by atoms with Crippen LogP contribution < -0.4 is 0 Å². The van der Waals surface area contributed by atoms with Gasteiger partial charge in [0, 0.05) is 17.0 Å². The summed E-state index contributed by atoms with van der Waals surface area (Å²) in [4.78, 5) is 12.0. The van der Waals surface area contributed by atoms with Crippen molar-refractivity contribution in [1.82, 2.24) is 0 Å². The smallest absolute Gasteiger partial charge is 0.166 e. The summed E-state index contributed by atoms with van der Waals surface area (Å²) in [5, 5.41) is 0.613. The van der Waals surface area contributed by atoms with Gasteiger partial charge in [0.05, 0.1) is 0 Å². The Morgan fingerprint density at radius 1 is 1.35 bits per heavy atom. The highest BCUT2D eigenvalue weighted by atomic mass is 35.5. The molecule has 1 aliphatic rings. The molecule has 2 heteroatoms. The molecule has 2 rings (SSSR count). The molecule has 0 unspecified atom stereocenters. The molecule has 0 saturated heterocycles. The van der Waals surface area contributed by atoms with Gasteiger partial charge in [-0.05, 0) is 32.4 Å². The number of rotatable bonds is 3. The van der Waals surface area contributed by atoms with Gasteiger partial charge < -0.3 is 0 Å². The van der Waals surface area contributed by atoms with Crippen LogP contribution in [0.25, 0.3) is 0 Å². The van der Waals surface area contributed by atoms with E-state index in [9.17, 15) is 4.79 Å². The van der Waals surface area contributed by atoms with Gasteiger partial charge in [-0.1, -0.05) is 46.5 Å². The number of halogens is 1. The molecule has 1 aromatic carbocycles. The molecular formula is C15H15ClO. The van der Waals surface area contributed by atoms with E-state index in [0.29, 0.717) is 17.0 Å². The lowest BCUT2D eigenvalue weighted by atomic mass is 10.0. The first-order valence-corrected chi connectivity index (χ1v) is 6.08. The van der Waals surface area contributed by atoms with Crippen LogP contribution in [0.4, 0.5) is 0 Å². The largest absolute Gasteiger partial charge is 0.294 e. The third-order valence-corrected chi connectivity index (χ3v) is 3.36. The SMILES string of the molecule is CC1=C(C)CC(CC(=O)c2cccc(Cl)c2)=C1. The summed E-state index contributed by atoms with van der Waals surface area (Å²) < 4.78 is 0. The van der Waals surface area contributed by atoms with E-state index in [2.05, 4.69) is 19.9 Å². The number of carbonyl (C=O) groups is 1. The number of hydrogen-bond donors (Lipinski definition) is 0. The van der Waals surface area contributed by atoms with Crippen LogP contribution in [0.15, 0.2) is 47.1 Å². The number of benzene rings is 1. The molecule has 1 aromatic rings. The fourth-order valence-corrected chi connectivity index (χ4v) is 2.23. The zero-order chi connectivity index (χ0) is 12.4. The summed E-state index contributed by atoms with van der Waals surface area (Å²) in [5.41, 5.74) is 4.54. The first-order chi connectivity index (χ1) is 8.06. The second-order valence-corrected chi connectivity index (χ2v) is 4.99.